The van der Waals surface area contributed by atoms with Crippen LogP contribution in [0.15, 0.2) is 23.1 Å². The number of sulfonamides is 2. The standard InChI is InChI=1S/C9H14FN3O4S2/c10-8-6-7(2-3-9(8)11)19(16,17)13-4-1-5-18(12,14)15/h2-3,6,13H,1,4-5,11H2,(H2,12,14,15). The molecule has 0 unspecified atom stereocenters. The number of hydrogen-bond donors (Lipinski definition) is 3. The molecule has 5 N–H and O–H groups in total. The van der Waals surface area contributed by atoms with Crippen molar-refractivity contribution in [2.24, 2.45) is 5.14 Å². The van der Waals surface area contributed by atoms with E-state index in [0.717, 1.165) is 18.2 Å². The zero-order valence-electron chi connectivity index (χ0n) is 9.84. The molecule has 0 atom stereocenters. The summed E-state index contributed by atoms with van der Waals surface area (Å²) >= 11 is 0. The predicted molar refractivity (Wildman–Crippen MR) is 68.6 cm³/mol. The summed E-state index contributed by atoms with van der Waals surface area (Å²) in [6.45, 7) is -0.120. The Hall–Kier alpha value is -1.23. The van der Waals surface area contributed by atoms with Gasteiger partial charge in [-0.05, 0) is 24.6 Å². The number of anilines is 1. The van der Waals surface area contributed by atoms with Gasteiger partial charge in [0, 0.05) is 6.54 Å². The maximum Gasteiger partial charge on any atom is 0.240 e. The topological polar surface area (TPSA) is 132 Å². The quantitative estimate of drug-likeness (QED) is 0.475. The van der Waals surface area contributed by atoms with Crippen molar-refractivity contribution in [3.05, 3.63) is 24.0 Å². The van der Waals surface area contributed by atoms with Gasteiger partial charge in [0.1, 0.15) is 5.82 Å². The van der Waals surface area contributed by atoms with Gasteiger partial charge in [0.15, 0.2) is 0 Å². The highest BCUT2D eigenvalue weighted by atomic mass is 32.2. The maximum absolute atomic E-state index is 13.1. The third-order valence-electron chi connectivity index (χ3n) is 2.18. The first-order valence-corrected chi connectivity index (χ1v) is 8.37. The second-order valence-corrected chi connectivity index (χ2v) is 7.30. The maximum atomic E-state index is 13.1. The van der Waals surface area contributed by atoms with Gasteiger partial charge in [-0.1, -0.05) is 0 Å². The molecule has 0 aliphatic rings. The molecule has 0 saturated carbocycles. The van der Waals surface area contributed by atoms with E-state index in [0.29, 0.717) is 0 Å². The molecular formula is C9H14FN3O4S2. The first kappa shape index (κ1) is 15.8. The Kier molecular flexibility index (Phi) is 4.85. The summed E-state index contributed by atoms with van der Waals surface area (Å²) in [7, 11) is -7.53. The average Bonchev–Trinajstić information content (AvgIpc) is 2.27. The molecule has 0 spiro atoms. The van der Waals surface area contributed by atoms with Crippen LogP contribution in [0.1, 0.15) is 6.42 Å². The number of hydrogen-bond acceptors (Lipinski definition) is 5. The average molecular weight is 311 g/mol. The molecule has 0 heterocycles. The first-order chi connectivity index (χ1) is 8.62. The van der Waals surface area contributed by atoms with E-state index in [4.69, 9.17) is 10.9 Å². The number of primary sulfonamides is 1. The lowest BCUT2D eigenvalue weighted by atomic mass is 10.3. The SMILES string of the molecule is Nc1ccc(S(=O)(=O)NCCCS(N)(=O)=O)cc1F. The van der Waals surface area contributed by atoms with Crippen molar-refractivity contribution in [2.75, 3.05) is 18.0 Å². The molecule has 0 aromatic heterocycles. The van der Waals surface area contributed by atoms with Crippen molar-refractivity contribution in [3.63, 3.8) is 0 Å². The van der Waals surface area contributed by atoms with Gasteiger partial charge in [-0.3, -0.25) is 0 Å². The fourth-order valence-corrected chi connectivity index (χ4v) is 2.87. The van der Waals surface area contributed by atoms with E-state index in [1.54, 1.807) is 0 Å². The molecule has 19 heavy (non-hydrogen) atoms. The normalized spacial score (nSPS) is 12.5. The van der Waals surface area contributed by atoms with Crippen LogP contribution in [-0.2, 0) is 20.0 Å². The highest BCUT2D eigenvalue weighted by Gasteiger charge is 2.15. The molecule has 0 amide bonds. The molecule has 7 nitrogen and oxygen atoms in total. The predicted octanol–water partition coefficient (Wildman–Crippen LogP) is -0.635. The monoisotopic (exact) mass is 311 g/mol. The smallest absolute Gasteiger partial charge is 0.240 e. The van der Waals surface area contributed by atoms with Gasteiger partial charge < -0.3 is 5.73 Å². The summed E-state index contributed by atoms with van der Waals surface area (Å²) in [5.41, 5.74) is 5.07. The first-order valence-electron chi connectivity index (χ1n) is 5.17. The second-order valence-electron chi connectivity index (χ2n) is 3.80. The highest BCUT2D eigenvalue weighted by molar-refractivity contribution is 7.89. The highest BCUT2D eigenvalue weighted by Crippen LogP contribution is 2.15. The van der Waals surface area contributed by atoms with Crippen molar-refractivity contribution < 1.29 is 21.2 Å². The lowest BCUT2D eigenvalue weighted by molar-refractivity contribution is 0.574. The van der Waals surface area contributed by atoms with Crippen LogP contribution in [0, 0.1) is 5.82 Å². The van der Waals surface area contributed by atoms with Crippen LogP contribution < -0.4 is 15.6 Å². The number of benzene rings is 1. The minimum atomic E-state index is -3.90. The Morgan fingerprint density at radius 3 is 2.37 bits per heavy atom. The summed E-state index contributed by atoms with van der Waals surface area (Å²) in [5.74, 6) is -1.18. The number of nitrogens with two attached hydrogens (primary N) is 2. The molecule has 1 aromatic carbocycles. The van der Waals surface area contributed by atoms with E-state index >= 15 is 0 Å². The van der Waals surface area contributed by atoms with Gasteiger partial charge in [-0.2, -0.15) is 0 Å². The van der Waals surface area contributed by atoms with Gasteiger partial charge in [-0.25, -0.2) is 31.1 Å². The van der Waals surface area contributed by atoms with Crippen LogP contribution >= 0.6 is 0 Å². The molecular weight excluding hydrogens is 297 g/mol. The molecule has 0 bridgehead atoms. The fraction of sp³-hybridized carbons (Fsp3) is 0.333. The molecule has 1 aromatic rings. The molecule has 10 heteroatoms. The Labute approximate surface area is 110 Å². The van der Waals surface area contributed by atoms with Crippen LogP contribution in [-0.4, -0.2) is 29.1 Å². The Balaban J connectivity index is 2.68. The van der Waals surface area contributed by atoms with Crippen LogP contribution in [0.3, 0.4) is 0 Å². The van der Waals surface area contributed by atoms with Gasteiger partial charge in [0.05, 0.1) is 16.3 Å². The minimum Gasteiger partial charge on any atom is -0.396 e. The van der Waals surface area contributed by atoms with E-state index in [-0.39, 0.29) is 29.3 Å². The zero-order valence-corrected chi connectivity index (χ0v) is 11.5. The largest absolute Gasteiger partial charge is 0.396 e. The minimum absolute atomic E-state index is 0.0233. The van der Waals surface area contributed by atoms with E-state index in [1.807, 2.05) is 0 Å². The van der Waals surface area contributed by atoms with Gasteiger partial charge in [-0.15, -0.1) is 0 Å². The van der Waals surface area contributed by atoms with Crippen LogP contribution in [0.2, 0.25) is 0 Å². The number of nitrogen functional groups attached to an aromatic ring is 1. The number of nitrogens with one attached hydrogen (secondary N) is 1. The van der Waals surface area contributed by atoms with Crippen molar-refractivity contribution in [2.45, 2.75) is 11.3 Å². The third-order valence-corrected chi connectivity index (χ3v) is 4.50. The van der Waals surface area contributed by atoms with Gasteiger partial charge in [0.2, 0.25) is 20.0 Å². The van der Waals surface area contributed by atoms with Crippen molar-refractivity contribution in [1.82, 2.24) is 4.72 Å². The lowest BCUT2D eigenvalue weighted by Gasteiger charge is -2.07. The van der Waals surface area contributed by atoms with E-state index in [1.165, 1.54) is 0 Å². The molecule has 0 aliphatic heterocycles. The van der Waals surface area contributed by atoms with Crippen molar-refractivity contribution in [3.8, 4) is 0 Å². The molecule has 108 valence electrons. The fourth-order valence-electron chi connectivity index (χ4n) is 1.24. The summed E-state index contributed by atoms with van der Waals surface area (Å²) in [6, 6.07) is 3.08. The van der Waals surface area contributed by atoms with E-state index in [2.05, 4.69) is 4.72 Å². The van der Waals surface area contributed by atoms with Crippen LogP contribution in [0.5, 0.6) is 0 Å². The molecule has 0 fully saturated rings. The van der Waals surface area contributed by atoms with E-state index < -0.39 is 25.9 Å². The van der Waals surface area contributed by atoms with Gasteiger partial charge in [0.25, 0.3) is 0 Å². The number of halogens is 1. The van der Waals surface area contributed by atoms with Gasteiger partial charge >= 0.3 is 0 Å². The summed E-state index contributed by atoms with van der Waals surface area (Å²) in [6.07, 6.45) is 0.0233. The Morgan fingerprint density at radius 1 is 1.21 bits per heavy atom. The summed E-state index contributed by atoms with van der Waals surface area (Å²) in [5, 5.41) is 4.76. The van der Waals surface area contributed by atoms with Crippen LogP contribution in [0.4, 0.5) is 10.1 Å². The molecule has 0 aliphatic carbocycles. The summed E-state index contributed by atoms with van der Waals surface area (Å²) < 4.78 is 60.0. The Bertz CT molecular complexity index is 658. The molecule has 1 rings (SSSR count). The summed E-state index contributed by atoms with van der Waals surface area (Å²) in [4.78, 5) is -0.283. The zero-order chi connectivity index (χ0) is 14.7. The number of rotatable bonds is 6. The van der Waals surface area contributed by atoms with Crippen LogP contribution in [0.25, 0.3) is 0 Å². The third kappa shape index (κ3) is 5.11. The van der Waals surface area contributed by atoms with Crippen molar-refractivity contribution in [1.29, 1.82) is 0 Å². The molecule has 0 saturated heterocycles. The molecule has 0 radical (unpaired) electrons. The van der Waals surface area contributed by atoms with E-state index in [9.17, 15) is 21.2 Å². The lowest BCUT2D eigenvalue weighted by Crippen LogP contribution is -2.27. The van der Waals surface area contributed by atoms with Crippen molar-refractivity contribution >= 4 is 25.7 Å². The Morgan fingerprint density at radius 2 is 1.84 bits per heavy atom. The second kappa shape index (κ2) is 5.82.